The second-order valence-electron chi connectivity index (χ2n) is 5.49. The largest absolute Gasteiger partial charge is 0.378 e. The minimum Gasteiger partial charge on any atom is -0.378 e. The Morgan fingerprint density at radius 2 is 2.38 bits per heavy atom. The first-order chi connectivity index (χ1) is 7.65. The van der Waals surface area contributed by atoms with Crippen LogP contribution in [0.1, 0.15) is 20.3 Å². The van der Waals surface area contributed by atoms with E-state index in [0.29, 0.717) is 6.04 Å². The molecule has 0 amide bonds. The Balaban J connectivity index is 2.06. The summed E-state index contributed by atoms with van der Waals surface area (Å²) in [6, 6.07) is 0.550. The van der Waals surface area contributed by atoms with Gasteiger partial charge >= 0.3 is 0 Å². The van der Waals surface area contributed by atoms with Gasteiger partial charge in [0.15, 0.2) is 0 Å². The normalized spacial score (nSPS) is 32.8. The van der Waals surface area contributed by atoms with Gasteiger partial charge in [0.2, 0.25) is 0 Å². The number of rotatable bonds is 3. The number of thioether (sulfide) groups is 1. The van der Waals surface area contributed by atoms with Crippen molar-refractivity contribution >= 4 is 11.8 Å². The van der Waals surface area contributed by atoms with Crippen LogP contribution in [0.25, 0.3) is 0 Å². The predicted octanol–water partition coefficient (Wildman–Crippen LogP) is 1.18. The summed E-state index contributed by atoms with van der Waals surface area (Å²) in [6.45, 7) is 8.07. The van der Waals surface area contributed by atoms with Crippen LogP contribution in [-0.2, 0) is 4.74 Å². The van der Waals surface area contributed by atoms with E-state index in [1.807, 2.05) is 0 Å². The summed E-state index contributed by atoms with van der Waals surface area (Å²) in [4.78, 5) is 2.59. The van der Waals surface area contributed by atoms with E-state index in [1.54, 1.807) is 0 Å². The van der Waals surface area contributed by atoms with Crippen molar-refractivity contribution in [3.63, 3.8) is 0 Å². The van der Waals surface area contributed by atoms with E-state index in [1.165, 1.54) is 17.9 Å². The fourth-order valence-corrected chi connectivity index (χ4v) is 4.24. The van der Waals surface area contributed by atoms with Gasteiger partial charge in [-0.2, -0.15) is 11.8 Å². The van der Waals surface area contributed by atoms with E-state index in [9.17, 15) is 0 Å². The third-order valence-electron chi connectivity index (χ3n) is 3.86. The molecule has 4 heteroatoms. The molecule has 2 unspecified atom stereocenters. The van der Waals surface area contributed by atoms with Crippen molar-refractivity contribution in [2.45, 2.75) is 31.8 Å². The third kappa shape index (κ3) is 2.55. The van der Waals surface area contributed by atoms with Crippen molar-refractivity contribution in [1.29, 1.82) is 0 Å². The first-order valence-corrected chi connectivity index (χ1v) is 7.43. The average molecular weight is 244 g/mol. The van der Waals surface area contributed by atoms with Gasteiger partial charge in [-0.05, 0) is 37.7 Å². The molecule has 0 aromatic rings. The van der Waals surface area contributed by atoms with E-state index in [-0.39, 0.29) is 5.54 Å². The molecule has 94 valence electrons. The number of ether oxygens (including phenoxy) is 1. The van der Waals surface area contributed by atoms with E-state index < -0.39 is 0 Å². The van der Waals surface area contributed by atoms with Crippen molar-refractivity contribution in [1.82, 2.24) is 4.90 Å². The molecule has 2 saturated heterocycles. The van der Waals surface area contributed by atoms with Gasteiger partial charge in [0.05, 0.1) is 13.2 Å². The maximum Gasteiger partial charge on any atom is 0.0645 e. The van der Waals surface area contributed by atoms with E-state index in [4.69, 9.17) is 10.5 Å². The molecule has 2 aliphatic rings. The highest BCUT2D eigenvalue weighted by Gasteiger charge is 2.39. The minimum absolute atomic E-state index is 0.148. The first kappa shape index (κ1) is 12.7. The molecule has 0 spiro atoms. The van der Waals surface area contributed by atoms with Crippen LogP contribution < -0.4 is 5.73 Å². The second-order valence-corrected chi connectivity index (χ2v) is 6.63. The van der Waals surface area contributed by atoms with Gasteiger partial charge in [-0.1, -0.05) is 0 Å². The van der Waals surface area contributed by atoms with E-state index in [0.717, 1.165) is 32.2 Å². The van der Waals surface area contributed by atoms with Crippen molar-refractivity contribution in [3.05, 3.63) is 0 Å². The first-order valence-electron chi connectivity index (χ1n) is 6.27. The zero-order valence-electron chi connectivity index (χ0n) is 10.4. The third-order valence-corrected chi connectivity index (χ3v) is 5.05. The number of nitrogens with zero attached hydrogens (tertiary/aromatic N) is 1. The smallest absolute Gasteiger partial charge is 0.0645 e. The lowest BCUT2D eigenvalue weighted by Gasteiger charge is -2.48. The maximum atomic E-state index is 6.01. The molecule has 16 heavy (non-hydrogen) atoms. The van der Waals surface area contributed by atoms with Crippen LogP contribution in [0.2, 0.25) is 0 Å². The summed E-state index contributed by atoms with van der Waals surface area (Å²) < 4.78 is 5.58. The van der Waals surface area contributed by atoms with Gasteiger partial charge in [-0.15, -0.1) is 0 Å². The highest BCUT2D eigenvalue weighted by molar-refractivity contribution is 7.99. The standard InChI is InChI=1S/C12H24N2OS/c1-12(2)9-15-5-4-14(12)11(7-13)10-3-6-16-8-10/h10-11H,3-9,13H2,1-2H3. The summed E-state index contributed by atoms with van der Waals surface area (Å²) >= 11 is 2.08. The summed E-state index contributed by atoms with van der Waals surface area (Å²) in [5.41, 5.74) is 6.16. The Kier molecular flexibility index (Phi) is 4.16. The molecule has 0 radical (unpaired) electrons. The van der Waals surface area contributed by atoms with Crippen LogP contribution in [0.15, 0.2) is 0 Å². The summed E-state index contributed by atoms with van der Waals surface area (Å²) in [5, 5.41) is 0. The van der Waals surface area contributed by atoms with Crippen LogP contribution in [0.4, 0.5) is 0 Å². The summed E-state index contributed by atoms with van der Waals surface area (Å²) in [6.07, 6.45) is 1.33. The van der Waals surface area contributed by atoms with Crippen molar-refractivity contribution in [2.75, 3.05) is 37.8 Å². The van der Waals surface area contributed by atoms with Gasteiger partial charge in [0.1, 0.15) is 0 Å². The van der Waals surface area contributed by atoms with Crippen LogP contribution in [0.3, 0.4) is 0 Å². The average Bonchev–Trinajstić information content (AvgIpc) is 2.75. The minimum atomic E-state index is 0.148. The summed E-state index contributed by atoms with van der Waals surface area (Å²) in [5.74, 6) is 3.38. The Labute approximate surface area is 103 Å². The van der Waals surface area contributed by atoms with Crippen LogP contribution in [0, 0.1) is 5.92 Å². The fraction of sp³-hybridized carbons (Fsp3) is 1.00. The molecule has 3 nitrogen and oxygen atoms in total. The molecule has 0 aromatic carbocycles. The van der Waals surface area contributed by atoms with Crippen molar-refractivity contribution in [2.24, 2.45) is 11.7 Å². The molecule has 0 aliphatic carbocycles. The molecular weight excluding hydrogens is 220 g/mol. The molecule has 2 heterocycles. The number of hydrogen-bond acceptors (Lipinski definition) is 4. The quantitative estimate of drug-likeness (QED) is 0.809. The van der Waals surface area contributed by atoms with Crippen molar-refractivity contribution < 1.29 is 4.74 Å². The van der Waals surface area contributed by atoms with Gasteiger partial charge in [0.25, 0.3) is 0 Å². The molecular formula is C12H24N2OS. The Bertz CT molecular complexity index is 229. The zero-order chi connectivity index (χ0) is 11.6. The maximum absolute atomic E-state index is 6.01. The summed E-state index contributed by atoms with van der Waals surface area (Å²) in [7, 11) is 0. The number of hydrogen-bond donors (Lipinski definition) is 1. The molecule has 2 aliphatic heterocycles. The fourth-order valence-electron chi connectivity index (χ4n) is 2.92. The topological polar surface area (TPSA) is 38.5 Å². The lowest BCUT2D eigenvalue weighted by Crippen LogP contribution is -2.61. The molecule has 0 bridgehead atoms. The van der Waals surface area contributed by atoms with Crippen LogP contribution in [0.5, 0.6) is 0 Å². The van der Waals surface area contributed by atoms with Gasteiger partial charge in [-0.25, -0.2) is 0 Å². The SMILES string of the molecule is CC1(C)COCCN1C(CN)C1CCSC1. The van der Waals surface area contributed by atoms with Crippen LogP contribution >= 0.6 is 11.8 Å². The Morgan fingerprint density at radius 1 is 1.56 bits per heavy atom. The molecule has 2 fully saturated rings. The Morgan fingerprint density at radius 3 is 2.94 bits per heavy atom. The molecule has 2 atom stereocenters. The van der Waals surface area contributed by atoms with E-state index >= 15 is 0 Å². The van der Waals surface area contributed by atoms with Gasteiger partial charge < -0.3 is 10.5 Å². The predicted molar refractivity (Wildman–Crippen MR) is 69.9 cm³/mol. The molecule has 0 aromatic heterocycles. The second kappa shape index (κ2) is 5.25. The van der Waals surface area contributed by atoms with Crippen molar-refractivity contribution in [3.8, 4) is 0 Å². The highest BCUT2D eigenvalue weighted by atomic mass is 32.2. The molecule has 0 saturated carbocycles. The number of morpholine rings is 1. The molecule has 2 N–H and O–H groups in total. The zero-order valence-corrected chi connectivity index (χ0v) is 11.3. The number of nitrogens with two attached hydrogens (primary N) is 1. The highest BCUT2D eigenvalue weighted by Crippen LogP contribution is 2.32. The lowest BCUT2D eigenvalue weighted by molar-refractivity contribution is -0.0790. The lowest BCUT2D eigenvalue weighted by atomic mass is 9.91. The molecule has 2 rings (SSSR count). The monoisotopic (exact) mass is 244 g/mol. The van der Waals surface area contributed by atoms with Gasteiger partial charge in [0, 0.05) is 24.7 Å². The Hall–Kier alpha value is 0.230. The van der Waals surface area contributed by atoms with E-state index in [2.05, 4.69) is 30.5 Å². The van der Waals surface area contributed by atoms with Gasteiger partial charge in [-0.3, -0.25) is 4.90 Å². The van der Waals surface area contributed by atoms with Crippen LogP contribution in [-0.4, -0.2) is 54.3 Å².